The minimum atomic E-state index is -3.02. The van der Waals surface area contributed by atoms with Gasteiger partial charge in [0.15, 0.2) is 9.84 Å². The van der Waals surface area contributed by atoms with Crippen molar-refractivity contribution in [2.45, 2.75) is 25.9 Å². The molecule has 0 saturated carbocycles. The third-order valence-corrected chi connectivity index (χ3v) is 5.85. The largest absolute Gasteiger partial charge is 0.458 e. The SMILES string of the molecule is C[C@@H](OC(=O)C[C@@H]1CCS(=O)(=O)C1)c1c(F)cccc1N(C)C. The van der Waals surface area contributed by atoms with Crippen LogP contribution in [0.2, 0.25) is 0 Å². The fraction of sp³-hybridized carbons (Fsp3) is 0.562. The lowest BCUT2D eigenvalue weighted by Gasteiger charge is -2.22. The van der Waals surface area contributed by atoms with E-state index >= 15 is 0 Å². The Bertz CT molecular complexity index is 687. The van der Waals surface area contributed by atoms with Gasteiger partial charge in [-0.25, -0.2) is 12.8 Å². The van der Waals surface area contributed by atoms with Crippen molar-refractivity contribution in [3.63, 3.8) is 0 Å². The molecule has 0 unspecified atom stereocenters. The molecule has 0 aliphatic carbocycles. The summed E-state index contributed by atoms with van der Waals surface area (Å²) in [7, 11) is 0.555. The van der Waals surface area contributed by atoms with Gasteiger partial charge in [-0.15, -0.1) is 0 Å². The van der Waals surface area contributed by atoms with Crippen LogP contribution in [0.4, 0.5) is 10.1 Å². The van der Waals surface area contributed by atoms with Crippen LogP contribution in [0.3, 0.4) is 0 Å². The number of hydrogen-bond acceptors (Lipinski definition) is 5. The molecule has 2 atom stereocenters. The highest BCUT2D eigenvalue weighted by Crippen LogP contribution is 2.31. The van der Waals surface area contributed by atoms with Crippen molar-refractivity contribution < 1.29 is 22.3 Å². The van der Waals surface area contributed by atoms with Crippen LogP contribution in [0.15, 0.2) is 18.2 Å². The molecule has 0 bridgehead atoms. The number of sulfone groups is 1. The number of carbonyl (C=O) groups is 1. The summed E-state index contributed by atoms with van der Waals surface area (Å²) in [5, 5.41) is 0. The average molecular weight is 343 g/mol. The van der Waals surface area contributed by atoms with Crippen molar-refractivity contribution in [2.24, 2.45) is 5.92 Å². The molecule has 0 spiro atoms. The Kier molecular flexibility index (Phi) is 5.29. The van der Waals surface area contributed by atoms with E-state index in [-0.39, 0.29) is 23.8 Å². The zero-order valence-corrected chi connectivity index (χ0v) is 14.4. The highest BCUT2D eigenvalue weighted by Gasteiger charge is 2.30. The van der Waals surface area contributed by atoms with Crippen LogP contribution >= 0.6 is 0 Å². The van der Waals surface area contributed by atoms with Gasteiger partial charge in [0, 0.05) is 26.2 Å². The molecule has 128 valence electrons. The van der Waals surface area contributed by atoms with Gasteiger partial charge < -0.3 is 9.64 Å². The zero-order valence-electron chi connectivity index (χ0n) is 13.6. The van der Waals surface area contributed by atoms with E-state index in [2.05, 4.69) is 0 Å². The molecule has 5 nitrogen and oxygen atoms in total. The van der Waals surface area contributed by atoms with E-state index in [1.54, 1.807) is 38.1 Å². The van der Waals surface area contributed by atoms with Crippen LogP contribution in [0.1, 0.15) is 31.4 Å². The summed E-state index contributed by atoms with van der Waals surface area (Å²) < 4.78 is 42.3. The van der Waals surface area contributed by atoms with Crippen LogP contribution in [-0.4, -0.2) is 40.0 Å². The Hall–Kier alpha value is -1.63. The first-order valence-corrected chi connectivity index (χ1v) is 9.37. The van der Waals surface area contributed by atoms with E-state index < -0.39 is 27.7 Å². The fourth-order valence-electron chi connectivity index (χ4n) is 2.89. The molecule has 7 heteroatoms. The number of esters is 1. The summed E-state index contributed by atoms with van der Waals surface area (Å²) in [5.41, 5.74) is 0.971. The monoisotopic (exact) mass is 343 g/mol. The predicted octanol–water partition coefficient (Wildman–Crippen LogP) is 2.32. The zero-order chi connectivity index (χ0) is 17.2. The van der Waals surface area contributed by atoms with Gasteiger partial charge in [-0.1, -0.05) is 6.07 Å². The minimum absolute atomic E-state index is 0.0269. The van der Waals surface area contributed by atoms with Gasteiger partial charge in [0.1, 0.15) is 11.9 Å². The third kappa shape index (κ3) is 4.43. The molecule has 0 aromatic heterocycles. The number of benzene rings is 1. The normalized spacial score (nSPS) is 21.0. The first kappa shape index (κ1) is 17.7. The van der Waals surface area contributed by atoms with Gasteiger partial charge in [-0.3, -0.25) is 4.79 Å². The number of hydrogen-bond donors (Lipinski definition) is 0. The quantitative estimate of drug-likeness (QED) is 0.768. The highest BCUT2D eigenvalue weighted by atomic mass is 32.2. The van der Waals surface area contributed by atoms with E-state index in [9.17, 15) is 17.6 Å². The highest BCUT2D eigenvalue weighted by molar-refractivity contribution is 7.91. The van der Waals surface area contributed by atoms with Gasteiger partial charge in [-0.05, 0) is 31.4 Å². The van der Waals surface area contributed by atoms with E-state index in [0.29, 0.717) is 17.7 Å². The molecule has 0 radical (unpaired) electrons. The number of rotatable bonds is 5. The maximum Gasteiger partial charge on any atom is 0.306 e. The molecule has 23 heavy (non-hydrogen) atoms. The first-order valence-electron chi connectivity index (χ1n) is 7.55. The number of nitrogens with zero attached hydrogens (tertiary/aromatic N) is 1. The molecular formula is C16H22FNO4S. The second kappa shape index (κ2) is 6.86. The lowest BCUT2D eigenvalue weighted by atomic mass is 10.0. The van der Waals surface area contributed by atoms with Crippen LogP contribution in [-0.2, 0) is 19.4 Å². The summed E-state index contributed by atoms with van der Waals surface area (Å²) in [6.45, 7) is 1.62. The summed E-state index contributed by atoms with van der Waals surface area (Å²) >= 11 is 0. The lowest BCUT2D eigenvalue weighted by Crippen LogP contribution is -2.18. The van der Waals surface area contributed by atoms with E-state index in [1.165, 1.54) is 6.07 Å². The predicted molar refractivity (Wildman–Crippen MR) is 86.6 cm³/mol. The van der Waals surface area contributed by atoms with Gasteiger partial charge in [-0.2, -0.15) is 0 Å². The van der Waals surface area contributed by atoms with E-state index in [1.807, 2.05) is 0 Å². The van der Waals surface area contributed by atoms with E-state index in [4.69, 9.17) is 4.74 Å². The second-order valence-electron chi connectivity index (χ2n) is 6.17. The second-order valence-corrected chi connectivity index (χ2v) is 8.40. The topological polar surface area (TPSA) is 63.7 Å². The third-order valence-electron chi connectivity index (χ3n) is 4.01. The summed E-state index contributed by atoms with van der Waals surface area (Å²) in [6, 6.07) is 4.69. The van der Waals surface area contributed by atoms with Crippen molar-refractivity contribution >= 4 is 21.5 Å². The Morgan fingerprint density at radius 1 is 1.43 bits per heavy atom. The van der Waals surface area contributed by atoms with Crippen molar-refractivity contribution in [1.82, 2.24) is 0 Å². The van der Waals surface area contributed by atoms with E-state index in [0.717, 1.165) is 0 Å². The first-order chi connectivity index (χ1) is 10.7. The molecule has 0 N–H and O–H groups in total. The Morgan fingerprint density at radius 3 is 2.70 bits per heavy atom. The lowest BCUT2D eigenvalue weighted by molar-refractivity contribution is -0.149. The average Bonchev–Trinajstić information content (AvgIpc) is 2.76. The maximum absolute atomic E-state index is 14.1. The molecule has 1 aliphatic heterocycles. The molecule has 1 saturated heterocycles. The summed E-state index contributed by atoms with van der Waals surface area (Å²) in [5.74, 6) is -0.973. The Morgan fingerprint density at radius 2 is 2.13 bits per heavy atom. The number of carbonyl (C=O) groups excluding carboxylic acids is 1. The standard InChI is InChI=1S/C16H22FNO4S/c1-11(16-13(17)5-4-6-14(16)18(2)3)22-15(19)9-12-7-8-23(20,21)10-12/h4-6,11-12H,7-10H2,1-3H3/t11-,12+/m1/s1. The van der Waals surface area contributed by atoms with Gasteiger partial charge in [0.2, 0.25) is 0 Å². The number of ether oxygens (including phenoxy) is 1. The molecular weight excluding hydrogens is 321 g/mol. The molecule has 1 aliphatic rings. The van der Waals surface area contributed by atoms with Crippen LogP contribution in [0, 0.1) is 11.7 Å². The minimum Gasteiger partial charge on any atom is -0.458 e. The summed E-state index contributed by atoms with van der Waals surface area (Å²) in [4.78, 5) is 13.8. The van der Waals surface area contributed by atoms with Crippen LogP contribution < -0.4 is 4.90 Å². The van der Waals surface area contributed by atoms with Crippen LogP contribution in [0.5, 0.6) is 0 Å². The molecule has 1 heterocycles. The Balaban J connectivity index is 2.05. The van der Waals surface area contributed by atoms with Crippen molar-refractivity contribution in [2.75, 3.05) is 30.5 Å². The van der Waals surface area contributed by atoms with Gasteiger partial charge in [0.25, 0.3) is 0 Å². The molecule has 0 amide bonds. The van der Waals surface area contributed by atoms with Gasteiger partial charge in [0.05, 0.1) is 17.1 Å². The maximum atomic E-state index is 14.1. The fourth-order valence-corrected chi connectivity index (χ4v) is 4.75. The smallest absolute Gasteiger partial charge is 0.306 e. The Labute approximate surface area is 136 Å². The molecule has 1 aromatic carbocycles. The van der Waals surface area contributed by atoms with Crippen LogP contribution in [0.25, 0.3) is 0 Å². The molecule has 2 rings (SSSR count). The summed E-state index contributed by atoms with van der Waals surface area (Å²) in [6.07, 6.45) is -0.205. The van der Waals surface area contributed by atoms with Crippen molar-refractivity contribution in [3.8, 4) is 0 Å². The van der Waals surface area contributed by atoms with Crippen molar-refractivity contribution in [1.29, 1.82) is 0 Å². The number of halogens is 1. The number of anilines is 1. The molecule has 1 fully saturated rings. The molecule has 1 aromatic rings. The van der Waals surface area contributed by atoms with Gasteiger partial charge >= 0.3 is 5.97 Å². The van der Waals surface area contributed by atoms with Crippen molar-refractivity contribution in [3.05, 3.63) is 29.6 Å².